The van der Waals surface area contributed by atoms with Crippen molar-refractivity contribution in [3.8, 4) is 5.75 Å². The number of nitrogens with zero attached hydrogens (tertiary/aromatic N) is 3. The Morgan fingerprint density at radius 2 is 2.14 bits per heavy atom. The second kappa shape index (κ2) is 9.73. The first kappa shape index (κ1) is 21.1. The third-order valence-electron chi connectivity index (χ3n) is 4.58. The molecular weight excluding hydrogens is 395 g/mol. The van der Waals surface area contributed by atoms with Crippen molar-refractivity contribution in [2.24, 2.45) is 0 Å². The van der Waals surface area contributed by atoms with Gasteiger partial charge < -0.3 is 4.74 Å². The van der Waals surface area contributed by atoms with Crippen molar-refractivity contribution >= 4 is 28.3 Å². The number of nitrogens with one attached hydrogen (secondary N) is 1. The van der Waals surface area contributed by atoms with Crippen LogP contribution in [-0.4, -0.2) is 58.9 Å². The van der Waals surface area contributed by atoms with Crippen LogP contribution in [0.3, 0.4) is 0 Å². The molecule has 1 N–H and O–H groups in total. The molecule has 29 heavy (non-hydrogen) atoms. The standard InChI is InChI=1S/C20H23FN4O3S/c1-3-18(26)23-20-22-10-17(29-20)12-25-9-8-24(11-14(25)2)13-19(27)28-16-6-4-15(21)5-7-16/h3-7,10,14H,1,8-9,11-13H2,2H3,(H,22,23,26). The lowest BCUT2D eigenvalue weighted by Crippen LogP contribution is -2.52. The molecule has 2 aromatic rings. The maximum atomic E-state index is 12.9. The predicted molar refractivity (Wildman–Crippen MR) is 109 cm³/mol. The van der Waals surface area contributed by atoms with E-state index >= 15 is 0 Å². The van der Waals surface area contributed by atoms with E-state index in [0.29, 0.717) is 10.9 Å². The number of amides is 1. The lowest BCUT2D eigenvalue weighted by Gasteiger charge is -2.39. The van der Waals surface area contributed by atoms with Gasteiger partial charge in [-0.1, -0.05) is 6.58 Å². The van der Waals surface area contributed by atoms with Gasteiger partial charge in [0.05, 0.1) is 6.54 Å². The summed E-state index contributed by atoms with van der Waals surface area (Å²) in [6, 6.07) is 5.65. The number of hydrogen-bond acceptors (Lipinski definition) is 7. The molecule has 1 aliphatic heterocycles. The van der Waals surface area contributed by atoms with Crippen LogP contribution in [-0.2, 0) is 16.1 Å². The number of thiazole rings is 1. The molecular formula is C20H23FN4O3S. The average Bonchev–Trinajstić information content (AvgIpc) is 3.12. The maximum absolute atomic E-state index is 12.9. The van der Waals surface area contributed by atoms with Crippen LogP contribution in [0, 0.1) is 5.82 Å². The molecule has 1 aromatic heterocycles. The lowest BCUT2D eigenvalue weighted by molar-refractivity contribution is -0.136. The fourth-order valence-corrected chi connectivity index (χ4v) is 3.93. The second-order valence-corrected chi connectivity index (χ2v) is 7.92. The Morgan fingerprint density at radius 3 is 2.83 bits per heavy atom. The van der Waals surface area contributed by atoms with E-state index in [-0.39, 0.29) is 30.3 Å². The number of carbonyl (C=O) groups excluding carboxylic acids is 2. The number of anilines is 1. The zero-order chi connectivity index (χ0) is 20.8. The predicted octanol–water partition coefficient (Wildman–Crippen LogP) is 2.52. The zero-order valence-electron chi connectivity index (χ0n) is 16.1. The molecule has 0 saturated carbocycles. The van der Waals surface area contributed by atoms with Gasteiger partial charge in [0.1, 0.15) is 11.6 Å². The van der Waals surface area contributed by atoms with Gasteiger partial charge >= 0.3 is 5.97 Å². The highest BCUT2D eigenvalue weighted by molar-refractivity contribution is 7.15. The first-order valence-electron chi connectivity index (χ1n) is 9.23. The van der Waals surface area contributed by atoms with Crippen LogP contribution >= 0.6 is 11.3 Å². The number of aromatic nitrogens is 1. The Bertz CT molecular complexity index is 871. The minimum atomic E-state index is -0.370. The van der Waals surface area contributed by atoms with E-state index in [9.17, 15) is 14.0 Å². The zero-order valence-corrected chi connectivity index (χ0v) is 17.0. The molecule has 1 atom stereocenters. The summed E-state index contributed by atoms with van der Waals surface area (Å²) in [5.41, 5.74) is 0. The highest BCUT2D eigenvalue weighted by Gasteiger charge is 2.26. The van der Waals surface area contributed by atoms with Crippen molar-refractivity contribution in [1.82, 2.24) is 14.8 Å². The number of piperazine rings is 1. The molecule has 0 radical (unpaired) electrons. The summed E-state index contributed by atoms with van der Waals surface area (Å²) in [4.78, 5) is 33.1. The van der Waals surface area contributed by atoms with E-state index in [0.717, 1.165) is 31.1 Å². The fourth-order valence-electron chi connectivity index (χ4n) is 3.09. The summed E-state index contributed by atoms with van der Waals surface area (Å²) in [5, 5.41) is 3.22. The number of carbonyl (C=O) groups is 2. The van der Waals surface area contributed by atoms with Crippen molar-refractivity contribution in [3.05, 3.63) is 53.8 Å². The summed E-state index contributed by atoms with van der Waals surface area (Å²) in [6.45, 7) is 8.73. The number of benzene rings is 1. The summed E-state index contributed by atoms with van der Waals surface area (Å²) in [7, 11) is 0. The molecule has 1 aromatic carbocycles. The smallest absolute Gasteiger partial charge is 0.325 e. The van der Waals surface area contributed by atoms with Gasteiger partial charge in [0.2, 0.25) is 5.91 Å². The van der Waals surface area contributed by atoms with Crippen molar-refractivity contribution in [1.29, 1.82) is 0 Å². The molecule has 154 valence electrons. The van der Waals surface area contributed by atoms with Crippen LogP contribution in [0.15, 0.2) is 43.1 Å². The van der Waals surface area contributed by atoms with E-state index in [4.69, 9.17) is 4.74 Å². The highest BCUT2D eigenvalue weighted by atomic mass is 32.1. The Kier molecular flexibility index (Phi) is 7.08. The van der Waals surface area contributed by atoms with Crippen LogP contribution in [0.1, 0.15) is 11.8 Å². The second-order valence-electron chi connectivity index (χ2n) is 6.81. The molecule has 1 fully saturated rings. The quantitative estimate of drug-likeness (QED) is 0.423. The molecule has 1 amide bonds. The van der Waals surface area contributed by atoms with Crippen molar-refractivity contribution in [2.75, 3.05) is 31.5 Å². The van der Waals surface area contributed by atoms with E-state index < -0.39 is 0 Å². The monoisotopic (exact) mass is 418 g/mol. The van der Waals surface area contributed by atoms with Gasteiger partial charge in [0.25, 0.3) is 0 Å². The van der Waals surface area contributed by atoms with Gasteiger partial charge in [0, 0.05) is 43.3 Å². The van der Waals surface area contributed by atoms with Gasteiger partial charge in [0.15, 0.2) is 5.13 Å². The van der Waals surface area contributed by atoms with Gasteiger partial charge in [-0.2, -0.15) is 0 Å². The number of hydrogen-bond donors (Lipinski definition) is 1. The van der Waals surface area contributed by atoms with E-state index in [1.54, 1.807) is 6.20 Å². The topological polar surface area (TPSA) is 74.8 Å². The SMILES string of the molecule is C=CC(=O)Nc1ncc(CN2CCN(CC(=O)Oc3ccc(F)cc3)CC2C)s1. The Labute approximate surface area is 172 Å². The number of rotatable bonds is 7. The van der Waals surface area contributed by atoms with Gasteiger partial charge in [-0.25, -0.2) is 9.37 Å². The molecule has 0 spiro atoms. The van der Waals surface area contributed by atoms with Crippen LogP contribution in [0.2, 0.25) is 0 Å². The molecule has 0 bridgehead atoms. The average molecular weight is 418 g/mol. The molecule has 3 rings (SSSR count). The Morgan fingerprint density at radius 1 is 1.38 bits per heavy atom. The number of esters is 1. The molecule has 2 heterocycles. The summed E-state index contributed by atoms with van der Waals surface area (Å²) in [5.74, 6) is -0.666. The van der Waals surface area contributed by atoms with E-state index in [1.165, 1.54) is 41.7 Å². The fraction of sp³-hybridized carbons (Fsp3) is 0.350. The van der Waals surface area contributed by atoms with Crippen molar-refractivity contribution in [2.45, 2.75) is 19.5 Å². The lowest BCUT2D eigenvalue weighted by atomic mass is 10.2. The number of halogens is 1. The van der Waals surface area contributed by atoms with Crippen LogP contribution in [0.5, 0.6) is 5.75 Å². The van der Waals surface area contributed by atoms with Gasteiger partial charge in [-0.15, -0.1) is 11.3 Å². The molecule has 1 aliphatic rings. The molecule has 9 heteroatoms. The molecule has 7 nitrogen and oxygen atoms in total. The summed E-state index contributed by atoms with van der Waals surface area (Å²) < 4.78 is 18.2. The molecule has 0 aliphatic carbocycles. The Hall–Kier alpha value is -2.62. The van der Waals surface area contributed by atoms with E-state index in [1.807, 2.05) is 0 Å². The maximum Gasteiger partial charge on any atom is 0.325 e. The largest absolute Gasteiger partial charge is 0.426 e. The summed E-state index contributed by atoms with van der Waals surface area (Å²) >= 11 is 1.44. The minimum absolute atomic E-state index is 0.188. The summed E-state index contributed by atoms with van der Waals surface area (Å²) in [6.07, 6.45) is 2.98. The Balaban J connectivity index is 1.46. The van der Waals surface area contributed by atoms with Crippen LogP contribution in [0.25, 0.3) is 0 Å². The highest BCUT2D eigenvalue weighted by Crippen LogP contribution is 2.22. The molecule has 1 saturated heterocycles. The van der Waals surface area contributed by atoms with Crippen molar-refractivity contribution in [3.63, 3.8) is 0 Å². The van der Waals surface area contributed by atoms with Crippen LogP contribution < -0.4 is 10.1 Å². The third-order valence-corrected chi connectivity index (χ3v) is 5.47. The number of ether oxygens (including phenoxy) is 1. The van der Waals surface area contributed by atoms with Crippen molar-refractivity contribution < 1.29 is 18.7 Å². The minimum Gasteiger partial charge on any atom is -0.426 e. The normalized spacial score (nSPS) is 17.7. The van der Waals surface area contributed by atoms with Gasteiger partial charge in [-0.3, -0.25) is 24.7 Å². The van der Waals surface area contributed by atoms with E-state index in [2.05, 4.69) is 33.6 Å². The van der Waals surface area contributed by atoms with Crippen LogP contribution in [0.4, 0.5) is 9.52 Å². The van der Waals surface area contributed by atoms with Gasteiger partial charge in [-0.05, 0) is 37.3 Å². The first-order valence-corrected chi connectivity index (χ1v) is 10.1. The first-order chi connectivity index (χ1) is 13.9. The third kappa shape index (κ3) is 6.18. The molecule has 1 unspecified atom stereocenters.